The summed E-state index contributed by atoms with van der Waals surface area (Å²) in [7, 11) is 0. The number of rotatable bonds is 0. The minimum absolute atomic E-state index is 0.276. The van der Waals surface area contributed by atoms with Crippen LogP contribution in [0.2, 0.25) is 0 Å². The molecule has 3 heteroatoms. The van der Waals surface area contributed by atoms with E-state index >= 15 is 0 Å². The Hall–Kier alpha value is -1.51. The van der Waals surface area contributed by atoms with Crippen molar-refractivity contribution in [3.63, 3.8) is 0 Å². The molecule has 2 aromatic rings. The van der Waals surface area contributed by atoms with Crippen LogP contribution in [0.1, 0.15) is 5.56 Å². The predicted molar refractivity (Wildman–Crippen MR) is 46.4 cm³/mol. The molecule has 0 saturated heterocycles. The maximum atomic E-state index is 13.1. The van der Waals surface area contributed by atoms with Gasteiger partial charge in [-0.2, -0.15) is 4.39 Å². The van der Waals surface area contributed by atoms with Crippen molar-refractivity contribution in [2.24, 2.45) is 0 Å². The van der Waals surface area contributed by atoms with Crippen molar-refractivity contribution in [1.82, 2.24) is 4.98 Å². The SMILES string of the molecule is Cc1ccc2c(F)c(F)ncc2c1. The van der Waals surface area contributed by atoms with Crippen molar-refractivity contribution >= 4 is 10.8 Å². The monoisotopic (exact) mass is 179 g/mol. The van der Waals surface area contributed by atoms with Gasteiger partial charge in [0.2, 0.25) is 5.95 Å². The smallest absolute Gasteiger partial charge is 0.225 e. The van der Waals surface area contributed by atoms with Gasteiger partial charge in [-0.25, -0.2) is 9.37 Å². The van der Waals surface area contributed by atoms with Crippen LogP contribution in [0.3, 0.4) is 0 Å². The Bertz CT molecular complexity index is 466. The lowest BCUT2D eigenvalue weighted by Gasteiger charge is -2.00. The largest absolute Gasteiger partial charge is 0.249 e. The van der Waals surface area contributed by atoms with Crippen LogP contribution in [0, 0.1) is 18.7 Å². The molecule has 0 saturated carbocycles. The molecule has 0 radical (unpaired) electrons. The summed E-state index contributed by atoms with van der Waals surface area (Å²) in [4.78, 5) is 3.31. The fourth-order valence-corrected chi connectivity index (χ4v) is 1.28. The highest BCUT2D eigenvalue weighted by Crippen LogP contribution is 2.19. The molecule has 1 aromatic heterocycles. The highest BCUT2D eigenvalue weighted by atomic mass is 19.2. The molecule has 0 N–H and O–H groups in total. The first-order chi connectivity index (χ1) is 6.18. The summed E-state index contributed by atoms with van der Waals surface area (Å²) in [6.07, 6.45) is 1.33. The number of nitrogens with zero attached hydrogens (tertiary/aromatic N) is 1. The van der Waals surface area contributed by atoms with E-state index in [1.165, 1.54) is 6.20 Å². The number of aryl methyl sites for hydroxylation is 1. The summed E-state index contributed by atoms with van der Waals surface area (Å²) in [6, 6.07) is 5.07. The molecule has 1 aromatic carbocycles. The van der Waals surface area contributed by atoms with Crippen molar-refractivity contribution < 1.29 is 8.78 Å². The van der Waals surface area contributed by atoms with Crippen molar-refractivity contribution in [1.29, 1.82) is 0 Å². The van der Waals surface area contributed by atoms with Gasteiger partial charge in [0.1, 0.15) is 0 Å². The van der Waals surface area contributed by atoms with Gasteiger partial charge in [0.25, 0.3) is 0 Å². The maximum absolute atomic E-state index is 13.1. The van der Waals surface area contributed by atoms with E-state index in [4.69, 9.17) is 0 Å². The molecular formula is C10H7F2N. The first-order valence-corrected chi connectivity index (χ1v) is 3.89. The van der Waals surface area contributed by atoms with E-state index in [0.29, 0.717) is 5.39 Å². The Morgan fingerprint density at radius 2 is 2.00 bits per heavy atom. The minimum Gasteiger partial charge on any atom is -0.225 e. The van der Waals surface area contributed by atoms with Gasteiger partial charge in [-0.3, -0.25) is 0 Å². The average molecular weight is 179 g/mol. The molecule has 66 valence electrons. The van der Waals surface area contributed by atoms with Crippen LogP contribution in [0.4, 0.5) is 8.78 Å². The van der Waals surface area contributed by atoms with Gasteiger partial charge >= 0.3 is 0 Å². The molecule has 0 aliphatic heterocycles. The summed E-state index contributed by atoms with van der Waals surface area (Å²) in [5.41, 5.74) is 1.00. The Labute approximate surface area is 74.0 Å². The van der Waals surface area contributed by atoms with Crippen LogP contribution in [0.15, 0.2) is 24.4 Å². The van der Waals surface area contributed by atoms with Crippen LogP contribution >= 0.6 is 0 Å². The van der Waals surface area contributed by atoms with Crippen LogP contribution in [-0.4, -0.2) is 4.98 Å². The van der Waals surface area contributed by atoms with E-state index in [1.807, 2.05) is 6.92 Å². The number of benzene rings is 1. The highest BCUT2D eigenvalue weighted by Gasteiger charge is 2.07. The molecule has 0 bridgehead atoms. The molecule has 0 atom stereocenters. The third-order valence-electron chi connectivity index (χ3n) is 1.94. The maximum Gasteiger partial charge on any atom is 0.249 e. The Morgan fingerprint density at radius 3 is 2.77 bits per heavy atom. The number of fused-ring (bicyclic) bond motifs is 1. The minimum atomic E-state index is -1.05. The standard InChI is InChI=1S/C10H7F2N/c1-6-2-3-8-7(4-6)5-13-10(12)9(8)11/h2-5H,1H3. The lowest BCUT2D eigenvalue weighted by Crippen LogP contribution is -1.90. The van der Waals surface area contributed by atoms with Crippen molar-refractivity contribution in [3.8, 4) is 0 Å². The quantitative estimate of drug-likeness (QED) is 0.566. The lowest BCUT2D eigenvalue weighted by atomic mass is 10.1. The second kappa shape index (κ2) is 2.76. The van der Waals surface area contributed by atoms with Gasteiger partial charge in [0, 0.05) is 17.0 Å². The summed E-state index contributed by atoms with van der Waals surface area (Å²) < 4.78 is 25.8. The fraction of sp³-hybridized carbons (Fsp3) is 0.100. The molecule has 0 amide bonds. The van der Waals surface area contributed by atoms with Crippen LogP contribution < -0.4 is 0 Å². The normalized spacial score (nSPS) is 10.7. The summed E-state index contributed by atoms with van der Waals surface area (Å²) >= 11 is 0. The summed E-state index contributed by atoms with van der Waals surface area (Å²) in [6.45, 7) is 1.89. The summed E-state index contributed by atoms with van der Waals surface area (Å²) in [5.74, 6) is -1.92. The molecule has 2 rings (SSSR count). The Kier molecular flexibility index (Phi) is 1.72. The zero-order chi connectivity index (χ0) is 9.42. The average Bonchev–Trinajstić information content (AvgIpc) is 2.12. The molecule has 0 aliphatic rings. The van der Waals surface area contributed by atoms with Gasteiger partial charge < -0.3 is 0 Å². The zero-order valence-electron chi connectivity index (χ0n) is 7.01. The Morgan fingerprint density at radius 1 is 1.23 bits per heavy atom. The highest BCUT2D eigenvalue weighted by molar-refractivity contribution is 5.82. The number of aromatic nitrogens is 1. The lowest BCUT2D eigenvalue weighted by molar-refractivity contribution is 0.487. The number of hydrogen-bond donors (Lipinski definition) is 0. The number of halogens is 2. The third kappa shape index (κ3) is 1.26. The molecule has 13 heavy (non-hydrogen) atoms. The number of hydrogen-bond acceptors (Lipinski definition) is 1. The van der Waals surface area contributed by atoms with E-state index in [1.54, 1.807) is 18.2 Å². The fourth-order valence-electron chi connectivity index (χ4n) is 1.28. The molecule has 1 heterocycles. The second-order valence-corrected chi connectivity index (χ2v) is 2.95. The topological polar surface area (TPSA) is 12.9 Å². The molecule has 1 nitrogen and oxygen atoms in total. The van der Waals surface area contributed by atoms with E-state index in [0.717, 1.165) is 5.56 Å². The Balaban J connectivity index is 2.87. The van der Waals surface area contributed by atoms with E-state index in [2.05, 4.69) is 4.98 Å². The van der Waals surface area contributed by atoms with Crippen molar-refractivity contribution in [3.05, 3.63) is 41.7 Å². The van der Waals surface area contributed by atoms with Crippen LogP contribution in [0.5, 0.6) is 0 Å². The molecule has 0 fully saturated rings. The molecule has 0 aliphatic carbocycles. The van der Waals surface area contributed by atoms with Crippen LogP contribution in [-0.2, 0) is 0 Å². The van der Waals surface area contributed by atoms with Crippen molar-refractivity contribution in [2.45, 2.75) is 6.92 Å². The predicted octanol–water partition coefficient (Wildman–Crippen LogP) is 2.82. The van der Waals surface area contributed by atoms with Gasteiger partial charge in [0.15, 0.2) is 5.82 Å². The third-order valence-corrected chi connectivity index (χ3v) is 1.94. The van der Waals surface area contributed by atoms with E-state index in [9.17, 15) is 8.78 Å². The molecule has 0 spiro atoms. The van der Waals surface area contributed by atoms with Gasteiger partial charge in [-0.1, -0.05) is 17.7 Å². The second-order valence-electron chi connectivity index (χ2n) is 2.95. The van der Waals surface area contributed by atoms with Gasteiger partial charge in [0.05, 0.1) is 0 Å². The van der Waals surface area contributed by atoms with Crippen molar-refractivity contribution in [2.75, 3.05) is 0 Å². The first-order valence-electron chi connectivity index (χ1n) is 3.89. The first kappa shape index (κ1) is 8.10. The number of pyridine rings is 1. The zero-order valence-corrected chi connectivity index (χ0v) is 7.01. The van der Waals surface area contributed by atoms with Crippen LogP contribution in [0.25, 0.3) is 10.8 Å². The van der Waals surface area contributed by atoms with E-state index in [-0.39, 0.29) is 5.39 Å². The van der Waals surface area contributed by atoms with Gasteiger partial charge in [-0.15, -0.1) is 0 Å². The van der Waals surface area contributed by atoms with E-state index < -0.39 is 11.8 Å². The summed E-state index contributed by atoms with van der Waals surface area (Å²) in [5, 5.41) is 0.900. The van der Waals surface area contributed by atoms with Gasteiger partial charge in [-0.05, 0) is 13.0 Å². The molecule has 0 unspecified atom stereocenters. The molecular weight excluding hydrogens is 172 g/mol.